The molecule has 8 heteroatoms. The number of amides is 1. The second kappa shape index (κ2) is 9.28. The molecule has 4 aromatic rings. The third-order valence-corrected chi connectivity index (χ3v) is 5.32. The maximum atomic E-state index is 12.8. The number of nitrogens with zero attached hydrogens (tertiary/aromatic N) is 3. The van der Waals surface area contributed by atoms with Gasteiger partial charge in [0.05, 0.1) is 24.0 Å². The molecular weight excluding hydrogens is 428 g/mol. The molecule has 0 radical (unpaired) electrons. The Labute approximate surface area is 190 Å². The standard InChI is InChI=1S/C24H23ClN4O3/c1-15-4-5-16(2)22(10-15)31-14-21-17(3)32-28-23(21)24(30)27-20-11-26-29(13-20)12-18-6-8-19(25)9-7-18/h4-11,13H,12,14H2,1-3H3,(H,27,30). The lowest BCUT2D eigenvalue weighted by Gasteiger charge is -2.10. The summed E-state index contributed by atoms with van der Waals surface area (Å²) in [5, 5.41) is 11.8. The number of hydrogen-bond acceptors (Lipinski definition) is 5. The summed E-state index contributed by atoms with van der Waals surface area (Å²) in [6, 6.07) is 13.5. The predicted octanol–water partition coefficient (Wildman–Crippen LogP) is 5.33. The number of hydrogen-bond donors (Lipinski definition) is 1. The van der Waals surface area contributed by atoms with Crippen LogP contribution in [0.2, 0.25) is 5.02 Å². The Bertz CT molecular complexity index is 1240. The molecule has 1 N–H and O–H groups in total. The van der Waals surface area contributed by atoms with Crippen LogP contribution in [0.5, 0.6) is 5.75 Å². The van der Waals surface area contributed by atoms with Crippen LogP contribution in [-0.4, -0.2) is 20.8 Å². The lowest BCUT2D eigenvalue weighted by atomic mass is 10.1. The van der Waals surface area contributed by atoms with Gasteiger partial charge in [-0.3, -0.25) is 9.48 Å². The number of aryl methyl sites for hydroxylation is 3. The highest BCUT2D eigenvalue weighted by molar-refractivity contribution is 6.30. The van der Waals surface area contributed by atoms with E-state index in [-0.39, 0.29) is 18.2 Å². The zero-order valence-electron chi connectivity index (χ0n) is 18.1. The number of benzene rings is 2. The van der Waals surface area contributed by atoms with Crippen LogP contribution < -0.4 is 10.1 Å². The number of halogens is 1. The number of carbonyl (C=O) groups excluding carboxylic acids is 1. The first-order valence-electron chi connectivity index (χ1n) is 10.1. The third-order valence-electron chi connectivity index (χ3n) is 5.06. The number of ether oxygens (including phenoxy) is 1. The van der Waals surface area contributed by atoms with Gasteiger partial charge >= 0.3 is 0 Å². The molecule has 0 aliphatic carbocycles. The van der Waals surface area contributed by atoms with Gasteiger partial charge in [-0.15, -0.1) is 0 Å². The van der Waals surface area contributed by atoms with Gasteiger partial charge in [-0.05, 0) is 55.7 Å². The first-order valence-corrected chi connectivity index (χ1v) is 10.5. The van der Waals surface area contributed by atoms with E-state index in [0.29, 0.717) is 28.6 Å². The van der Waals surface area contributed by atoms with E-state index >= 15 is 0 Å². The molecule has 0 saturated carbocycles. The van der Waals surface area contributed by atoms with Gasteiger partial charge in [-0.2, -0.15) is 5.10 Å². The van der Waals surface area contributed by atoms with Crippen molar-refractivity contribution in [2.75, 3.05) is 5.32 Å². The summed E-state index contributed by atoms with van der Waals surface area (Å²) in [5.41, 5.74) is 4.53. The van der Waals surface area contributed by atoms with Crippen molar-refractivity contribution in [1.29, 1.82) is 0 Å². The van der Waals surface area contributed by atoms with Gasteiger partial charge < -0.3 is 14.6 Å². The van der Waals surface area contributed by atoms with Gasteiger partial charge in [-0.1, -0.05) is 41.0 Å². The molecule has 2 aromatic heterocycles. The third kappa shape index (κ3) is 5.00. The molecule has 0 unspecified atom stereocenters. The smallest absolute Gasteiger partial charge is 0.278 e. The molecule has 164 valence electrons. The first kappa shape index (κ1) is 21.6. The lowest BCUT2D eigenvalue weighted by Crippen LogP contribution is -2.15. The Morgan fingerprint density at radius 3 is 2.72 bits per heavy atom. The van der Waals surface area contributed by atoms with E-state index < -0.39 is 0 Å². The van der Waals surface area contributed by atoms with E-state index in [9.17, 15) is 4.79 Å². The molecule has 7 nitrogen and oxygen atoms in total. The van der Waals surface area contributed by atoms with Crippen molar-refractivity contribution in [2.24, 2.45) is 0 Å². The quantitative estimate of drug-likeness (QED) is 0.411. The second-order valence-corrected chi connectivity index (χ2v) is 8.07. The molecule has 1 amide bonds. The monoisotopic (exact) mass is 450 g/mol. The normalized spacial score (nSPS) is 10.9. The van der Waals surface area contributed by atoms with Crippen LogP contribution in [0, 0.1) is 20.8 Å². The van der Waals surface area contributed by atoms with Gasteiger partial charge in [0.15, 0.2) is 5.69 Å². The number of aromatic nitrogens is 3. The van der Waals surface area contributed by atoms with E-state index in [0.717, 1.165) is 22.4 Å². The molecule has 0 aliphatic heterocycles. The highest BCUT2D eigenvalue weighted by atomic mass is 35.5. The predicted molar refractivity (Wildman–Crippen MR) is 122 cm³/mol. The number of anilines is 1. The molecule has 2 aromatic carbocycles. The van der Waals surface area contributed by atoms with Crippen LogP contribution in [-0.2, 0) is 13.2 Å². The fourth-order valence-corrected chi connectivity index (χ4v) is 3.36. The summed E-state index contributed by atoms with van der Waals surface area (Å²) >= 11 is 5.93. The van der Waals surface area contributed by atoms with Crippen molar-refractivity contribution in [3.05, 3.63) is 93.6 Å². The van der Waals surface area contributed by atoms with Gasteiger partial charge in [-0.25, -0.2) is 0 Å². The Kier molecular flexibility index (Phi) is 6.28. The lowest BCUT2D eigenvalue weighted by molar-refractivity contribution is 0.101. The van der Waals surface area contributed by atoms with Gasteiger partial charge in [0.2, 0.25) is 0 Å². The molecule has 4 rings (SSSR count). The van der Waals surface area contributed by atoms with Crippen LogP contribution in [0.4, 0.5) is 5.69 Å². The van der Waals surface area contributed by atoms with E-state index in [1.807, 2.05) is 56.3 Å². The van der Waals surface area contributed by atoms with Crippen molar-refractivity contribution in [2.45, 2.75) is 33.9 Å². The summed E-state index contributed by atoms with van der Waals surface area (Å²) in [5.74, 6) is 0.923. The van der Waals surface area contributed by atoms with E-state index in [1.54, 1.807) is 24.0 Å². The second-order valence-electron chi connectivity index (χ2n) is 7.63. The molecule has 0 aliphatic rings. The molecule has 0 saturated heterocycles. The van der Waals surface area contributed by atoms with Gasteiger partial charge in [0.25, 0.3) is 5.91 Å². The maximum absolute atomic E-state index is 12.8. The molecule has 0 spiro atoms. The van der Waals surface area contributed by atoms with Crippen LogP contribution in [0.15, 0.2) is 59.4 Å². The Morgan fingerprint density at radius 2 is 1.94 bits per heavy atom. The van der Waals surface area contributed by atoms with E-state index in [2.05, 4.69) is 15.6 Å². The highest BCUT2D eigenvalue weighted by Gasteiger charge is 2.21. The summed E-state index contributed by atoms with van der Waals surface area (Å²) in [4.78, 5) is 12.8. The zero-order valence-corrected chi connectivity index (χ0v) is 18.8. The first-order chi connectivity index (χ1) is 15.4. The van der Waals surface area contributed by atoms with Gasteiger partial charge in [0.1, 0.15) is 18.1 Å². The van der Waals surface area contributed by atoms with E-state index in [4.69, 9.17) is 20.9 Å². The molecule has 0 fully saturated rings. The SMILES string of the molecule is Cc1ccc(C)c(OCc2c(C(=O)Nc3cnn(Cc4ccc(Cl)cc4)c3)noc2C)c1. The van der Waals surface area contributed by atoms with Crippen molar-refractivity contribution < 1.29 is 14.1 Å². The van der Waals surface area contributed by atoms with Crippen molar-refractivity contribution in [1.82, 2.24) is 14.9 Å². The van der Waals surface area contributed by atoms with Crippen LogP contribution in [0.25, 0.3) is 0 Å². The largest absolute Gasteiger partial charge is 0.488 e. The average Bonchev–Trinajstić information content (AvgIpc) is 3.36. The molecule has 32 heavy (non-hydrogen) atoms. The summed E-state index contributed by atoms with van der Waals surface area (Å²) < 4.78 is 13.0. The number of nitrogens with one attached hydrogen (secondary N) is 1. The summed E-state index contributed by atoms with van der Waals surface area (Å²) in [6.07, 6.45) is 3.35. The van der Waals surface area contributed by atoms with E-state index in [1.165, 1.54) is 0 Å². The minimum Gasteiger partial charge on any atom is -0.488 e. The summed E-state index contributed by atoms with van der Waals surface area (Å²) in [6.45, 7) is 6.48. The van der Waals surface area contributed by atoms with Crippen LogP contribution in [0.1, 0.15) is 38.5 Å². The Hall–Kier alpha value is -3.58. The van der Waals surface area contributed by atoms with Crippen LogP contribution >= 0.6 is 11.6 Å². The zero-order chi connectivity index (χ0) is 22.7. The highest BCUT2D eigenvalue weighted by Crippen LogP contribution is 2.23. The minimum absolute atomic E-state index is 0.179. The molecular formula is C24H23ClN4O3. The molecule has 0 bridgehead atoms. The molecule has 0 atom stereocenters. The number of rotatable bonds is 7. The Balaban J connectivity index is 1.43. The van der Waals surface area contributed by atoms with Crippen LogP contribution in [0.3, 0.4) is 0 Å². The average molecular weight is 451 g/mol. The summed E-state index contributed by atoms with van der Waals surface area (Å²) in [7, 11) is 0. The van der Waals surface area contributed by atoms with Crippen molar-refractivity contribution in [3.63, 3.8) is 0 Å². The fourth-order valence-electron chi connectivity index (χ4n) is 3.23. The molecule has 2 heterocycles. The van der Waals surface area contributed by atoms with Crippen molar-refractivity contribution in [3.8, 4) is 5.75 Å². The topological polar surface area (TPSA) is 82.2 Å². The maximum Gasteiger partial charge on any atom is 0.278 e. The Morgan fingerprint density at radius 1 is 1.16 bits per heavy atom. The minimum atomic E-state index is -0.382. The fraction of sp³-hybridized carbons (Fsp3) is 0.208. The number of carbonyl (C=O) groups is 1. The van der Waals surface area contributed by atoms with Crippen molar-refractivity contribution >= 4 is 23.2 Å². The van der Waals surface area contributed by atoms with Gasteiger partial charge in [0, 0.05) is 11.2 Å².